The maximum absolute atomic E-state index is 11.9. The molecule has 0 unspecified atom stereocenters. The minimum Gasteiger partial charge on any atom is -0.504 e. The van der Waals surface area contributed by atoms with Crippen molar-refractivity contribution in [3.05, 3.63) is 47.5 Å². The molecule has 0 heterocycles. The van der Waals surface area contributed by atoms with Gasteiger partial charge in [-0.05, 0) is 38.1 Å². The number of nitrogens with zero attached hydrogens (tertiary/aromatic N) is 2. The van der Waals surface area contributed by atoms with E-state index in [1.807, 2.05) is 0 Å². The van der Waals surface area contributed by atoms with Crippen molar-refractivity contribution < 1.29 is 29.3 Å². The number of nitrogens with one attached hydrogen (secondary N) is 2. The van der Waals surface area contributed by atoms with E-state index in [0.29, 0.717) is 35.8 Å². The topological polar surface area (TPSA) is 142 Å². The van der Waals surface area contributed by atoms with E-state index >= 15 is 0 Å². The third kappa shape index (κ3) is 7.31. The summed E-state index contributed by atoms with van der Waals surface area (Å²) in [6.07, 6.45) is 2.33. The van der Waals surface area contributed by atoms with Crippen LogP contribution in [-0.2, 0) is 9.59 Å². The van der Waals surface area contributed by atoms with E-state index in [9.17, 15) is 19.8 Å². The summed E-state index contributed by atoms with van der Waals surface area (Å²) in [5.74, 6) is -0.494. The normalized spacial score (nSPS) is 10.9. The SMILES string of the molecule is CCOc1cccc(/C=N\NC(=O)CCC(=O)N/N=C\c2cccc(OCC)c2O)c1O. The maximum atomic E-state index is 11.9. The Hall–Kier alpha value is -4.08. The van der Waals surface area contributed by atoms with E-state index in [4.69, 9.17) is 9.47 Å². The number of para-hydroxylation sites is 2. The van der Waals surface area contributed by atoms with E-state index in [-0.39, 0.29) is 24.3 Å². The minimum absolute atomic E-state index is 0.0811. The molecule has 0 aliphatic rings. The molecule has 0 saturated carbocycles. The van der Waals surface area contributed by atoms with E-state index in [0.717, 1.165) is 0 Å². The van der Waals surface area contributed by atoms with Gasteiger partial charge in [0.05, 0.1) is 25.6 Å². The standard InChI is InChI=1S/C22H26N4O6/c1-3-31-17-9-5-7-15(21(17)29)13-23-25-19(27)11-12-20(28)26-24-14-16-8-6-10-18(22(16)30)32-4-2/h5-10,13-14,29-30H,3-4,11-12H2,1-2H3,(H,25,27)(H,26,28)/b23-13-,24-14-. The number of amides is 2. The maximum Gasteiger partial charge on any atom is 0.240 e. The number of phenolic OH excluding ortho intramolecular Hbond substituents is 2. The van der Waals surface area contributed by atoms with Gasteiger partial charge in [0.25, 0.3) is 0 Å². The lowest BCUT2D eigenvalue weighted by atomic mass is 10.2. The first kappa shape index (κ1) is 24.2. The number of benzene rings is 2. The zero-order valence-corrected chi connectivity index (χ0v) is 17.9. The minimum atomic E-state index is -0.483. The van der Waals surface area contributed by atoms with Crippen LogP contribution >= 0.6 is 0 Å². The van der Waals surface area contributed by atoms with Gasteiger partial charge in [-0.25, -0.2) is 10.9 Å². The number of carbonyl (C=O) groups is 2. The van der Waals surface area contributed by atoms with Gasteiger partial charge in [0, 0.05) is 24.0 Å². The summed E-state index contributed by atoms with van der Waals surface area (Å²) in [6.45, 7) is 4.40. The predicted octanol–water partition coefficient (Wildman–Crippen LogP) is 2.28. The Kier molecular flexibility index (Phi) is 9.51. The number of aromatic hydroxyl groups is 2. The fraction of sp³-hybridized carbons (Fsp3) is 0.273. The highest BCUT2D eigenvalue weighted by Crippen LogP contribution is 2.29. The Morgan fingerprint density at radius 3 is 1.59 bits per heavy atom. The Labute approximate surface area is 185 Å². The van der Waals surface area contributed by atoms with E-state index in [2.05, 4.69) is 21.1 Å². The lowest BCUT2D eigenvalue weighted by Gasteiger charge is -2.07. The molecule has 0 aromatic heterocycles. The van der Waals surface area contributed by atoms with E-state index < -0.39 is 11.8 Å². The summed E-state index contributed by atoms with van der Waals surface area (Å²) >= 11 is 0. The molecule has 10 nitrogen and oxygen atoms in total. The lowest BCUT2D eigenvalue weighted by Crippen LogP contribution is -2.22. The zero-order valence-electron chi connectivity index (χ0n) is 17.9. The average molecular weight is 442 g/mol. The fourth-order valence-electron chi connectivity index (χ4n) is 2.52. The van der Waals surface area contributed by atoms with Crippen LogP contribution in [0.2, 0.25) is 0 Å². The molecule has 0 bridgehead atoms. The monoisotopic (exact) mass is 442 g/mol. The van der Waals surface area contributed by atoms with Crippen LogP contribution in [0.25, 0.3) is 0 Å². The van der Waals surface area contributed by atoms with Gasteiger partial charge in [-0.3, -0.25) is 9.59 Å². The number of phenols is 2. The summed E-state index contributed by atoms with van der Waals surface area (Å²) in [5, 5.41) is 27.7. The van der Waals surface area contributed by atoms with Crippen molar-refractivity contribution >= 4 is 24.2 Å². The smallest absolute Gasteiger partial charge is 0.240 e. The van der Waals surface area contributed by atoms with E-state index in [1.165, 1.54) is 12.4 Å². The number of carbonyl (C=O) groups excluding carboxylic acids is 2. The van der Waals surface area contributed by atoms with Crippen molar-refractivity contribution in [3.8, 4) is 23.0 Å². The molecule has 2 aromatic rings. The van der Waals surface area contributed by atoms with Crippen LogP contribution in [0.3, 0.4) is 0 Å². The molecule has 0 fully saturated rings. The Morgan fingerprint density at radius 1 is 0.812 bits per heavy atom. The molecule has 0 atom stereocenters. The molecule has 0 aliphatic carbocycles. The molecule has 2 aromatic carbocycles. The van der Waals surface area contributed by atoms with Crippen LogP contribution in [0.4, 0.5) is 0 Å². The second kappa shape index (κ2) is 12.6. The molecule has 32 heavy (non-hydrogen) atoms. The molecule has 4 N–H and O–H groups in total. The first-order valence-electron chi connectivity index (χ1n) is 9.99. The first-order chi connectivity index (χ1) is 15.5. The summed E-state index contributed by atoms with van der Waals surface area (Å²) in [6, 6.07) is 9.83. The zero-order chi connectivity index (χ0) is 23.3. The van der Waals surface area contributed by atoms with Crippen molar-refractivity contribution in [2.45, 2.75) is 26.7 Å². The Balaban J connectivity index is 1.78. The van der Waals surface area contributed by atoms with Crippen LogP contribution in [0.15, 0.2) is 46.6 Å². The van der Waals surface area contributed by atoms with Gasteiger partial charge in [-0.15, -0.1) is 0 Å². The highest BCUT2D eigenvalue weighted by molar-refractivity contribution is 5.88. The number of hydrogen-bond donors (Lipinski definition) is 4. The summed E-state index contributed by atoms with van der Waals surface area (Å²) in [5.41, 5.74) is 5.32. The average Bonchev–Trinajstić information content (AvgIpc) is 2.77. The van der Waals surface area contributed by atoms with Crippen molar-refractivity contribution in [2.75, 3.05) is 13.2 Å². The van der Waals surface area contributed by atoms with Crippen molar-refractivity contribution in [2.24, 2.45) is 10.2 Å². The Bertz CT molecular complexity index is 911. The van der Waals surface area contributed by atoms with Gasteiger partial charge >= 0.3 is 0 Å². The second-order valence-electron chi connectivity index (χ2n) is 6.34. The number of hydrogen-bond acceptors (Lipinski definition) is 8. The van der Waals surface area contributed by atoms with Gasteiger partial charge in [0.1, 0.15) is 0 Å². The molecule has 0 aliphatic heterocycles. The third-order valence-corrected chi connectivity index (χ3v) is 4.03. The number of hydrazone groups is 2. The third-order valence-electron chi connectivity index (χ3n) is 4.03. The molecular weight excluding hydrogens is 416 g/mol. The summed E-state index contributed by atoms with van der Waals surface area (Å²) in [4.78, 5) is 23.7. The molecule has 2 amide bonds. The van der Waals surface area contributed by atoms with Crippen LogP contribution < -0.4 is 20.3 Å². The lowest BCUT2D eigenvalue weighted by molar-refractivity contribution is -0.126. The summed E-state index contributed by atoms with van der Waals surface area (Å²) in [7, 11) is 0. The fourth-order valence-corrected chi connectivity index (χ4v) is 2.52. The molecule has 0 radical (unpaired) electrons. The molecule has 10 heteroatoms. The van der Waals surface area contributed by atoms with Gasteiger partial charge in [-0.1, -0.05) is 12.1 Å². The van der Waals surface area contributed by atoms with Gasteiger partial charge in [-0.2, -0.15) is 10.2 Å². The van der Waals surface area contributed by atoms with E-state index in [1.54, 1.807) is 50.2 Å². The van der Waals surface area contributed by atoms with Gasteiger partial charge in [0.2, 0.25) is 11.8 Å². The highest BCUT2D eigenvalue weighted by Gasteiger charge is 2.08. The van der Waals surface area contributed by atoms with Crippen LogP contribution in [0, 0.1) is 0 Å². The quantitative estimate of drug-likeness (QED) is 0.311. The number of ether oxygens (including phenoxy) is 2. The van der Waals surface area contributed by atoms with Gasteiger partial charge in [0.15, 0.2) is 23.0 Å². The van der Waals surface area contributed by atoms with Crippen molar-refractivity contribution in [1.82, 2.24) is 10.9 Å². The summed E-state index contributed by atoms with van der Waals surface area (Å²) < 4.78 is 10.6. The van der Waals surface area contributed by atoms with Crippen LogP contribution in [0.5, 0.6) is 23.0 Å². The predicted molar refractivity (Wildman–Crippen MR) is 119 cm³/mol. The van der Waals surface area contributed by atoms with Gasteiger partial charge < -0.3 is 19.7 Å². The van der Waals surface area contributed by atoms with Crippen LogP contribution in [0.1, 0.15) is 37.8 Å². The number of rotatable bonds is 11. The second-order valence-corrected chi connectivity index (χ2v) is 6.34. The molecule has 170 valence electrons. The Morgan fingerprint density at radius 2 is 1.22 bits per heavy atom. The molecular formula is C22H26N4O6. The first-order valence-corrected chi connectivity index (χ1v) is 9.99. The molecule has 0 saturated heterocycles. The van der Waals surface area contributed by atoms with Crippen LogP contribution in [-0.4, -0.2) is 47.7 Å². The van der Waals surface area contributed by atoms with Crippen molar-refractivity contribution in [3.63, 3.8) is 0 Å². The molecule has 2 rings (SSSR count). The molecule has 0 spiro atoms. The largest absolute Gasteiger partial charge is 0.504 e. The van der Waals surface area contributed by atoms with Crippen molar-refractivity contribution in [1.29, 1.82) is 0 Å². The highest BCUT2D eigenvalue weighted by atomic mass is 16.5.